The Morgan fingerprint density at radius 3 is 2.81 bits per heavy atom. The van der Waals surface area contributed by atoms with Crippen molar-refractivity contribution in [2.45, 2.75) is 0 Å². The van der Waals surface area contributed by atoms with Crippen LogP contribution in [-0.4, -0.2) is 17.4 Å². The third-order valence-corrected chi connectivity index (χ3v) is 1.82. The second kappa shape index (κ2) is 5.01. The molecular formula is C10H9FN2O3. The highest BCUT2D eigenvalue weighted by Crippen LogP contribution is 2.16. The number of nitrogens with one attached hydrogen (secondary N) is 1. The summed E-state index contributed by atoms with van der Waals surface area (Å²) in [4.78, 5) is 20.9. The summed E-state index contributed by atoms with van der Waals surface area (Å²) in [6.07, 6.45) is 1.45. The van der Waals surface area contributed by atoms with Crippen molar-refractivity contribution in [3.63, 3.8) is 0 Å². The Kier molecular flexibility index (Phi) is 3.71. The van der Waals surface area contributed by atoms with Crippen LogP contribution in [0, 0.1) is 15.9 Å². The highest BCUT2D eigenvalue weighted by atomic mass is 19.1. The van der Waals surface area contributed by atoms with Crippen LogP contribution in [0.2, 0.25) is 0 Å². The minimum atomic E-state index is -0.921. The van der Waals surface area contributed by atoms with Gasteiger partial charge >= 0.3 is 0 Å². The zero-order chi connectivity index (χ0) is 12.1. The molecule has 0 fully saturated rings. The molecule has 1 rings (SSSR count). The van der Waals surface area contributed by atoms with Crippen molar-refractivity contribution in [2.24, 2.45) is 0 Å². The fourth-order valence-electron chi connectivity index (χ4n) is 1.06. The van der Waals surface area contributed by atoms with E-state index in [9.17, 15) is 19.3 Å². The van der Waals surface area contributed by atoms with E-state index in [1.165, 1.54) is 6.08 Å². The molecule has 0 bridgehead atoms. The fraction of sp³-hybridized carbons (Fsp3) is 0.100. The quantitative estimate of drug-likeness (QED) is 0.480. The van der Waals surface area contributed by atoms with Gasteiger partial charge in [0, 0.05) is 12.6 Å². The number of hydrogen-bond acceptors (Lipinski definition) is 3. The van der Waals surface area contributed by atoms with Crippen LogP contribution in [0.5, 0.6) is 0 Å². The highest BCUT2D eigenvalue weighted by Gasteiger charge is 2.15. The molecular weight excluding hydrogens is 215 g/mol. The van der Waals surface area contributed by atoms with E-state index in [0.717, 1.165) is 12.1 Å². The Labute approximate surface area is 90.7 Å². The lowest BCUT2D eigenvalue weighted by Gasteiger charge is -2.03. The average molecular weight is 224 g/mol. The van der Waals surface area contributed by atoms with Gasteiger partial charge in [-0.3, -0.25) is 14.9 Å². The van der Waals surface area contributed by atoms with E-state index in [4.69, 9.17) is 0 Å². The number of amides is 1. The zero-order valence-electron chi connectivity index (χ0n) is 8.27. The molecule has 0 saturated carbocycles. The number of carbonyl (C=O) groups is 1. The van der Waals surface area contributed by atoms with E-state index in [1.807, 2.05) is 0 Å². The molecule has 1 amide bonds. The maximum atomic E-state index is 13.3. The van der Waals surface area contributed by atoms with Crippen molar-refractivity contribution in [1.29, 1.82) is 0 Å². The summed E-state index contributed by atoms with van der Waals surface area (Å²) in [6, 6.07) is 2.86. The van der Waals surface area contributed by atoms with Crippen molar-refractivity contribution in [3.05, 3.63) is 52.3 Å². The highest BCUT2D eigenvalue weighted by molar-refractivity contribution is 5.94. The van der Waals surface area contributed by atoms with Crippen LogP contribution in [-0.2, 0) is 0 Å². The summed E-state index contributed by atoms with van der Waals surface area (Å²) in [6.45, 7) is 3.59. The van der Waals surface area contributed by atoms with Gasteiger partial charge in [-0.05, 0) is 6.07 Å². The monoisotopic (exact) mass is 224 g/mol. The minimum absolute atomic E-state index is 0.204. The van der Waals surface area contributed by atoms with Gasteiger partial charge in [0.2, 0.25) is 0 Å². The second-order valence-corrected chi connectivity index (χ2v) is 2.92. The topological polar surface area (TPSA) is 72.2 Å². The number of nitro groups is 1. The first-order chi connectivity index (χ1) is 7.56. The summed E-state index contributed by atoms with van der Waals surface area (Å²) in [7, 11) is 0. The van der Waals surface area contributed by atoms with Gasteiger partial charge in [0.1, 0.15) is 5.82 Å². The first-order valence-electron chi connectivity index (χ1n) is 4.39. The van der Waals surface area contributed by atoms with E-state index in [0.29, 0.717) is 6.07 Å². The number of carbonyl (C=O) groups excluding carboxylic acids is 1. The smallest absolute Gasteiger partial charge is 0.272 e. The standard InChI is InChI=1S/C10H9FN2O3/c1-2-5-12-10(14)8-4-3-7(13(15)16)6-9(8)11/h2-4,6H,1,5H2,(H,12,14). The van der Waals surface area contributed by atoms with E-state index in [1.54, 1.807) is 0 Å². The normalized spacial score (nSPS) is 9.56. The second-order valence-electron chi connectivity index (χ2n) is 2.92. The van der Waals surface area contributed by atoms with E-state index in [-0.39, 0.29) is 12.1 Å². The van der Waals surface area contributed by atoms with E-state index >= 15 is 0 Å². The summed E-state index contributed by atoms with van der Waals surface area (Å²) >= 11 is 0. The largest absolute Gasteiger partial charge is 0.348 e. The molecule has 0 radical (unpaired) electrons. The van der Waals surface area contributed by atoms with Gasteiger partial charge in [0.05, 0.1) is 16.6 Å². The van der Waals surface area contributed by atoms with Gasteiger partial charge in [-0.15, -0.1) is 6.58 Å². The van der Waals surface area contributed by atoms with Crippen molar-refractivity contribution in [3.8, 4) is 0 Å². The van der Waals surface area contributed by atoms with Crippen molar-refractivity contribution in [1.82, 2.24) is 5.32 Å². The lowest BCUT2D eigenvalue weighted by Crippen LogP contribution is -2.24. The number of hydrogen-bond donors (Lipinski definition) is 1. The van der Waals surface area contributed by atoms with Crippen LogP contribution >= 0.6 is 0 Å². The van der Waals surface area contributed by atoms with Gasteiger partial charge in [-0.2, -0.15) is 0 Å². The molecule has 0 spiro atoms. The number of benzene rings is 1. The van der Waals surface area contributed by atoms with Crippen LogP contribution in [0.3, 0.4) is 0 Å². The maximum absolute atomic E-state index is 13.3. The molecule has 1 aromatic rings. The SMILES string of the molecule is C=CCNC(=O)c1ccc([N+](=O)[O-])cc1F. The zero-order valence-corrected chi connectivity index (χ0v) is 8.27. The molecule has 0 atom stereocenters. The van der Waals surface area contributed by atoms with Crippen LogP contribution in [0.25, 0.3) is 0 Å². The van der Waals surface area contributed by atoms with E-state index < -0.39 is 22.3 Å². The molecule has 0 aliphatic rings. The lowest BCUT2D eigenvalue weighted by atomic mass is 10.2. The molecule has 0 unspecified atom stereocenters. The molecule has 0 aliphatic heterocycles. The molecule has 1 N–H and O–H groups in total. The van der Waals surface area contributed by atoms with Crippen molar-refractivity contribution < 1.29 is 14.1 Å². The van der Waals surface area contributed by atoms with Crippen molar-refractivity contribution >= 4 is 11.6 Å². The Balaban J connectivity index is 2.94. The molecule has 5 nitrogen and oxygen atoms in total. The fourth-order valence-corrected chi connectivity index (χ4v) is 1.06. The molecule has 0 saturated heterocycles. The molecule has 0 aromatic heterocycles. The summed E-state index contributed by atoms with van der Waals surface area (Å²) in [5.41, 5.74) is -0.620. The van der Waals surface area contributed by atoms with E-state index in [2.05, 4.69) is 11.9 Å². The van der Waals surface area contributed by atoms with Crippen LogP contribution < -0.4 is 5.32 Å². The first kappa shape index (κ1) is 11.8. The Hall–Kier alpha value is -2.24. The van der Waals surface area contributed by atoms with Crippen LogP contribution in [0.4, 0.5) is 10.1 Å². The first-order valence-corrected chi connectivity index (χ1v) is 4.39. The average Bonchev–Trinajstić information content (AvgIpc) is 2.25. The Bertz CT molecular complexity index is 446. The van der Waals surface area contributed by atoms with Gasteiger partial charge < -0.3 is 5.32 Å². The third kappa shape index (κ3) is 2.63. The predicted octanol–water partition coefficient (Wildman–Crippen LogP) is 1.65. The molecule has 6 heteroatoms. The summed E-state index contributed by atoms with van der Waals surface area (Å²) < 4.78 is 13.3. The number of nitro benzene ring substituents is 1. The minimum Gasteiger partial charge on any atom is -0.348 e. The number of nitrogens with zero attached hydrogens (tertiary/aromatic N) is 1. The van der Waals surface area contributed by atoms with Gasteiger partial charge in [0.25, 0.3) is 11.6 Å². The maximum Gasteiger partial charge on any atom is 0.272 e. The molecule has 0 aliphatic carbocycles. The van der Waals surface area contributed by atoms with Crippen LogP contribution in [0.15, 0.2) is 30.9 Å². The van der Waals surface area contributed by atoms with Crippen molar-refractivity contribution in [2.75, 3.05) is 6.54 Å². The molecule has 0 heterocycles. The third-order valence-electron chi connectivity index (χ3n) is 1.82. The Morgan fingerprint density at radius 1 is 1.62 bits per heavy atom. The molecule has 84 valence electrons. The number of non-ortho nitro benzene ring substituents is 1. The Morgan fingerprint density at radius 2 is 2.31 bits per heavy atom. The predicted molar refractivity (Wildman–Crippen MR) is 55.6 cm³/mol. The van der Waals surface area contributed by atoms with Crippen LogP contribution in [0.1, 0.15) is 10.4 Å². The number of rotatable bonds is 4. The molecule has 1 aromatic carbocycles. The van der Waals surface area contributed by atoms with Gasteiger partial charge in [0.15, 0.2) is 0 Å². The van der Waals surface area contributed by atoms with Gasteiger partial charge in [-0.1, -0.05) is 6.08 Å². The van der Waals surface area contributed by atoms with Gasteiger partial charge in [-0.25, -0.2) is 4.39 Å². The number of halogens is 1. The lowest BCUT2D eigenvalue weighted by molar-refractivity contribution is -0.385. The molecule has 16 heavy (non-hydrogen) atoms. The summed E-state index contributed by atoms with van der Waals surface area (Å²) in [5.74, 6) is -1.55. The summed E-state index contributed by atoms with van der Waals surface area (Å²) in [5, 5.41) is 12.7.